The summed E-state index contributed by atoms with van der Waals surface area (Å²) < 4.78 is 16.0. The minimum absolute atomic E-state index is 0.134. The van der Waals surface area contributed by atoms with Crippen molar-refractivity contribution in [1.29, 1.82) is 5.26 Å². The highest BCUT2D eigenvalue weighted by Crippen LogP contribution is 2.36. The summed E-state index contributed by atoms with van der Waals surface area (Å²) in [5.41, 5.74) is 8.61. The Morgan fingerprint density at radius 1 is 0.495 bits per heavy atom. The molecule has 12 rings (SSSR count). The van der Waals surface area contributed by atoms with Crippen LogP contribution in [-0.4, -0.2) is 103 Å². The van der Waals surface area contributed by atoms with Gasteiger partial charge >= 0.3 is 12.1 Å². The second-order valence-corrected chi connectivity index (χ2v) is 26.7. The van der Waals surface area contributed by atoms with Gasteiger partial charge in [0.05, 0.1) is 71.6 Å². The molecular formula is C78H80BrN19O7. The van der Waals surface area contributed by atoms with Crippen molar-refractivity contribution in [2.24, 2.45) is 0 Å². The number of alkyl halides is 1. The molecule has 0 bridgehead atoms. The zero-order valence-corrected chi connectivity index (χ0v) is 61.0. The summed E-state index contributed by atoms with van der Waals surface area (Å²) in [6.45, 7) is 19.0. The number of nitriles is 1. The quantitative estimate of drug-likeness (QED) is 0.0285. The number of pyridine rings is 2. The predicted octanol–water partition coefficient (Wildman–Crippen LogP) is 14.9. The van der Waals surface area contributed by atoms with Crippen molar-refractivity contribution in [3.63, 3.8) is 0 Å². The molecule has 0 saturated heterocycles. The standard InChI is InChI=1S/C38H38BrN9O3.C38H39N9O4.C2H3N/c1-24-9-11-26(12-10-24)48-35(20-32(47-48)38(2,3)4)46-37(50)44-29-13-14-31(28-8-6-5-7-27(28)29)51-23-25-15-17-40-33(19-25)45-34-22-42-30(21-43-34)36(49)41-18-16-39;1-24-9-11-26(12-10-24)47-35(20-32(46-47)38(2,3)4)45-37(50)43-29-13-14-31(28-8-6-5-7-27(28)29)51-23-25-15-16-39-33(19-25)44-34-22-41-30(21-42-34)36(49)40-17-18-48;1-2-3/h5-15,17,19-22H,16,18,23H2,1-4H3,(H,41,49)(H,40,43,45)(H2,44,46,50);5-16,19-22,48H,17-18,23H2,1-4H3,(H,40,49)(H,39,42,44)(H2,43,45,50);1H3. The molecule has 0 unspecified atom stereocenters. The lowest BCUT2D eigenvalue weighted by atomic mass is 9.92. The molecule has 6 heterocycles. The average Bonchev–Trinajstić information content (AvgIpc) is 1.73. The van der Waals surface area contributed by atoms with Crippen LogP contribution in [-0.2, 0) is 24.0 Å². The van der Waals surface area contributed by atoms with Crippen molar-refractivity contribution in [3.8, 4) is 28.9 Å². The number of anilines is 8. The van der Waals surface area contributed by atoms with Gasteiger partial charge in [-0.3, -0.25) is 20.2 Å². The number of carbonyl (C=O) groups is 4. The number of halogens is 1. The van der Waals surface area contributed by atoms with E-state index in [-0.39, 0.29) is 54.5 Å². The number of fused-ring (bicyclic) bond motifs is 2. The van der Waals surface area contributed by atoms with Crippen molar-refractivity contribution in [3.05, 3.63) is 240 Å². The van der Waals surface area contributed by atoms with Crippen molar-refractivity contribution >= 4 is 108 Å². The molecule has 9 N–H and O–H groups in total. The molecule has 27 heteroatoms. The van der Waals surface area contributed by atoms with E-state index in [2.05, 4.69) is 130 Å². The summed E-state index contributed by atoms with van der Waals surface area (Å²) in [5.74, 6) is 3.66. The topological polar surface area (TPSA) is 340 Å². The van der Waals surface area contributed by atoms with Crippen LogP contribution in [0.15, 0.2) is 195 Å². The molecule has 0 radical (unpaired) electrons. The number of aliphatic hydroxyl groups excluding tert-OH is 1. The minimum atomic E-state index is -0.420. The SMILES string of the molecule is CC#N.Cc1ccc(-n2nc(C(C)(C)C)cc2NC(=O)Nc2ccc(OCc3ccnc(Nc4cnc(C(=O)NCCBr)cn4)c3)c3ccccc23)cc1.Cc1ccc(-n2nc(C(C)(C)C)cc2NC(=O)Nc2ccc(OCc3ccnc(Nc4cnc(C(=O)NCCO)cn4)c3)c3ccccc23)cc1. The summed E-state index contributed by atoms with van der Waals surface area (Å²) in [4.78, 5) is 76.6. The molecule has 0 saturated carbocycles. The Balaban J connectivity index is 0.000000217. The van der Waals surface area contributed by atoms with Gasteiger partial charge in [-0.1, -0.05) is 141 Å². The highest BCUT2D eigenvalue weighted by atomic mass is 79.9. The molecule has 0 aliphatic heterocycles. The molecule has 105 heavy (non-hydrogen) atoms. The molecule has 0 atom stereocenters. The highest BCUT2D eigenvalue weighted by Gasteiger charge is 2.25. The Hall–Kier alpha value is -12.7. The van der Waals surface area contributed by atoms with E-state index < -0.39 is 18.0 Å². The van der Waals surface area contributed by atoms with E-state index in [1.807, 2.05) is 172 Å². The predicted molar refractivity (Wildman–Crippen MR) is 412 cm³/mol. The van der Waals surface area contributed by atoms with E-state index in [1.54, 1.807) is 27.8 Å². The number of nitrogens with one attached hydrogen (secondary N) is 8. The van der Waals surface area contributed by atoms with Crippen LogP contribution in [0.4, 0.5) is 55.9 Å². The molecule has 26 nitrogen and oxygen atoms in total. The first-order valence-corrected chi connectivity index (χ1v) is 34.6. The van der Waals surface area contributed by atoms with Crippen molar-refractivity contribution < 1.29 is 33.8 Å². The molecule has 6 aromatic carbocycles. The third-order valence-electron chi connectivity index (χ3n) is 15.8. The summed E-state index contributed by atoms with van der Waals surface area (Å²) >= 11 is 3.28. The number of aliphatic hydroxyl groups is 1. The first kappa shape index (κ1) is 75.0. The average molecular weight is 1480 g/mol. The lowest BCUT2D eigenvalue weighted by Gasteiger charge is -2.15. The molecule has 0 aliphatic carbocycles. The molecule has 536 valence electrons. The second-order valence-electron chi connectivity index (χ2n) is 25.9. The summed E-state index contributed by atoms with van der Waals surface area (Å²) in [7, 11) is 0. The van der Waals surface area contributed by atoms with Crippen LogP contribution in [0.5, 0.6) is 11.5 Å². The number of carbonyl (C=O) groups excluding carboxylic acids is 4. The summed E-state index contributed by atoms with van der Waals surface area (Å²) in [6.07, 6.45) is 9.01. The Morgan fingerprint density at radius 2 is 0.895 bits per heavy atom. The van der Waals surface area contributed by atoms with Gasteiger partial charge in [0, 0.05) is 82.2 Å². The fourth-order valence-corrected chi connectivity index (χ4v) is 10.6. The van der Waals surface area contributed by atoms with Crippen LogP contribution in [0.2, 0.25) is 0 Å². The first-order chi connectivity index (χ1) is 50.5. The van der Waals surface area contributed by atoms with Gasteiger partial charge in [-0.25, -0.2) is 48.9 Å². The number of aromatic nitrogens is 10. The third-order valence-corrected chi connectivity index (χ3v) is 16.2. The maximum atomic E-state index is 13.4. The van der Waals surface area contributed by atoms with E-state index >= 15 is 0 Å². The Bertz CT molecular complexity index is 4740. The Morgan fingerprint density at radius 3 is 1.27 bits per heavy atom. The third kappa shape index (κ3) is 20.3. The lowest BCUT2D eigenvalue weighted by molar-refractivity contribution is 0.0935. The van der Waals surface area contributed by atoms with Crippen LogP contribution >= 0.6 is 15.9 Å². The number of hydrogen-bond acceptors (Lipinski definition) is 18. The Kier molecular flexibility index (Phi) is 24.9. The molecule has 0 spiro atoms. The van der Waals surface area contributed by atoms with Crippen molar-refractivity contribution in [2.45, 2.75) is 86.4 Å². The molecular weight excluding hydrogens is 1390 g/mol. The van der Waals surface area contributed by atoms with Crippen LogP contribution < -0.4 is 52.0 Å². The molecule has 0 fully saturated rings. The number of ether oxygens (including phenoxy) is 2. The van der Waals surface area contributed by atoms with Gasteiger partial charge in [-0.05, 0) is 97.8 Å². The zero-order valence-electron chi connectivity index (χ0n) is 59.4. The summed E-state index contributed by atoms with van der Waals surface area (Å²) in [5, 5.41) is 53.3. The zero-order chi connectivity index (χ0) is 74.6. The van der Waals surface area contributed by atoms with E-state index in [9.17, 15) is 19.2 Å². The van der Waals surface area contributed by atoms with Gasteiger partial charge in [0.2, 0.25) is 0 Å². The largest absolute Gasteiger partial charge is 0.488 e. The molecule has 6 amide bonds. The van der Waals surface area contributed by atoms with Crippen LogP contribution in [0, 0.1) is 25.2 Å². The fourth-order valence-electron chi connectivity index (χ4n) is 10.4. The van der Waals surface area contributed by atoms with Crippen molar-refractivity contribution in [2.75, 3.05) is 56.9 Å². The van der Waals surface area contributed by atoms with Gasteiger partial charge in [-0.2, -0.15) is 15.5 Å². The number of urea groups is 2. The van der Waals surface area contributed by atoms with E-state index in [0.29, 0.717) is 69.7 Å². The number of amides is 6. The van der Waals surface area contributed by atoms with Crippen LogP contribution in [0.1, 0.15) is 103 Å². The van der Waals surface area contributed by atoms with Gasteiger partial charge in [0.25, 0.3) is 11.8 Å². The maximum absolute atomic E-state index is 13.4. The van der Waals surface area contributed by atoms with E-state index in [4.69, 9.17) is 30.0 Å². The van der Waals surface area contributed by atoms with Crippen LogP contribution in [0.25, 0.3) is 32.9 Å². The Labute approximate surface area is 615 Å². The lowest BCUT2D eigenvalue weighted by Crippen LogP contribution is -2.27. The fraction of sp³-hybridized carbons (Fsp3) is 0.218. The maximum Gasteiger partial charge on any atom is 0.324 e. The van der Waals surface area contributed by atoms with Gasteiger partial charge in [-0.15, -0.1) is 0 Å². The monoisotopic (exact) mass is 1470 g/mol. The normalized spacial score (nSPS) is 11.0. The first-order valence-electron chi connectivity index (χ1n) is 33.5. The molecule has 6 aromatic heterocycles. The van der Waals surface area contributed by atoms with Crippen LogP contribution in [0.3, 0.4) is 0 Å². The number of hydrogen-bond donors (Lipinski definition) is 9. The number of nitrogens with zero attached hydrogens (tertiary/aromatic N) is 11. The van der Waals surface area contributed by atoms with Gasteiger partial charge in [0.1, 0.15) is 71.0 Å². The summed E-state index contributed by atoms with van der Waals surface area (Å²) in [6, 6.07) is 50.9. The van der Waals surface area contributed by atoms with Gasteiger partial charge in [0.15, 0.2) is 0 Å². The van der Waals surface area contributed by atoms with E-state index in [1.165, 1.54) is 31.7 Å². The smallest absolute Gasteiger partial charge is 0.324 e. The molecule has 0 aliphatic rings. The van der Waals surface area contributed by atoms with Crippen molar-refractivity contribution in [1.82, 2.24) is 60.1 Å². The second kappa shape index (κ2) is 34.8. The highest BCUT2D eigenvalue weighted by molar-refractivity contribution is 9.09. The van der Waals surface area contributed by atoms with E-state index in [0.717, 1.165) is 66.6 Å². The van der Waals surface area contributed by atoms with Gasteiger partial charge < -0.3 is 46.5 Å². The number of aryl methyl sites for hydroxylation is 2. The minimum Gasteiger partial charge on any atom is -0.488 e. The number of benzene rings is 6. The number of rotatable bonds is 22. The molecule has 12 aromatic rings.